The van der Waals surface area contributed by atoms with E-state index in [9.17, 15) is 0 Å². The first-order valence-electron chi connectivity index (χ1n) is 4.47. The molecule has 1 rings (SSSR count). The first-order valence-corrected chi connectivity index (χ1v) is 5.89. The maximum Gasteiger partial charge on any atom is 0.00279 e. The van der Waals surface area contributed by atoms with Crippen molar-refractivity contribution in [1.29, 1.82) is 0 Å². The van der Waals surface area contributed by atoms with Crippen LogP contribution in [0.4, 0.5) is 0 Å². The van der Waals surface area contributed by atoms with Crippen molar-refractivity contribution in [1.82, 2.24) is 0 Å². The first-order chi connectivity index (χ1) is 5.43. The second kappa shape index (κ2) is 5.14. The molecule has 0 bridgehead atoms. The van der Waals surface area contributed by atoms with Crippen LogP contribution in [-0.2, 0) is 6.42 Å². The summed E-state index contributed by atoms with van der Waals surface area (Å²) in [6.07, 6.45) is 4.05. The third-order valence-corrected chi connectivity index (χ3v) is 2.62. The molecule has 1 heteroatoms. The highest BCUT2D eigenvalue weighted by Crippen LogP contribution is 2.04. The normalized spacial score (nSPS) is 10.2. The summed E-state index contributed by atoms with van der Waals surface area (Å²) in [4.78, 5) is 0. The van der Waals surface area contributed by atoms with Gasteiger partial charge in [-0.05, 0) is 18.4 Å². The lowest BCUT2D eigenvalue weighted by atomic mass is 10.1. The van der Waals surface area contributed by atoms with Crippen LogP contribution in [0.5, 0.6) is 0 Å². The van der Waals surface area contributed by atoms with Gasteiger partial charge in [-0.25, -0.2) is 0 Å². The van der Waals surface area contributed by atoms with Crippen LogP contribution in [0.25, 0.3) is 0 Å². The highest BCUT2D eigenvalue weighted by molar-refractivity contribution is 6.08. The molecule has 0 unspecified atom stereocenters. The number of unbranched alkanes of at least 4 members (excludes halogenated alkanes) is 1. The van der Waals surface area contributed by atoms with E-state index in [-0.39, 0.29) is 0 Å². The van der Waals surface area contributed by atoms with Crippen LogP contribution in [0.15, 0.2) is 30.3 Å². The molecule has 0 amide bonds. The van der Waals surface area contributed by atoms with Crippen LogP contribution in [0, 0.1) is 0 Å². The van der Waals surface area contributed by atoms with Crippen molar-refractivity contribution in [3.05, 3.63) is 35.9 Å². The minimum Gasteiger partial charge on any atom is -0.0658 e. The van der Waals surface area contributed by atoms with Gasteiger partial charge in [0.15, 0.2) is 0 Å². The molecule has 0 aliphatic rings. The molecule has 1 aromatic carbocycles. The summed E-state index contributed by atoms with van der Waals surface area (Å²) in [5.41, 5.74) is 1.49. The Morgan fingerprint density at radius 1 is 1.00 bits per heavy atom. The van der Waals surface area contributed by atoms with Gasteiger partial charge in [0, 0.05) is 10.2 Å². The summed E-state index contributed by atoms with van der Waals surface area (Å²) in [5.74, 6) is 0. The first kappa shape index (κ1) is 8.53. The van der Waals surface area contributed by atoms with Gasteiger partial charge in [0.1, 0.15) is 0 Å². The number of rotatable bonds is 4. The molecule has 0 heterocycles. The second-order valence-corrected chi connectivity index (χ2v) is 3.94. The monoisotopic (exact) mass is 164 g/mol. The molecule has 60 valence electrons. The lowest BCUT2D eigenvalue weighted by Crippen LogP contribution is -1.83. The zero-order valence-corrected chi connectivity index (χ0v) is 9.22. The summed E-state index contributed by atoms with van der Waals surface area (Å²) in [6.45, 7) is 0. The number of hydrogen-bond donors (Lipinski definition) is 0. The summed E-state index contributed by atoms with van der Waals surface area (Å²) >= 11 is 0. The van der Waals surface area contributed by atoms with Crippen LogP contribution in [0.2, 0.25) is 6.04 Å². The lowest BCUT2D eigenvalue weighted by molar-refractivity contribution is 0.794. The van der Waals surface area contributed by atoms with Gasteiger partial charge >= 0.3 is 0 Å². The Balaban J connectivity index is 2.28. The average molecular weight is 164 g/mol. The zero-order valence-electron chi connectivity index (χ0n) is 7.22. The molecular formula is C10H16Si. The van der Waals surface area contributed by atoms with Crippen molar-refractivity contribution in [2.45, 2.75) is 25.3 Å². The molecule has 0 N–H and O–H groups in total. The van der Waals surface area contributed by atoms with Crippen LogP contribution >= 0.6 is 0 Å². The molecule has 0 radical (unpaired) electrons. The minimum atomic E-state index is 1.27. The summed E-state index contributed by atoms with van der Waals surface area (Å²) in [7, 11) is 1.37. The van der Waals surface area contributed by atoms with Crippen molar-refractivity contribution >= 4 is 10.2 Å². The van der Waals surface area contributed by atoms with Gasteiger partial charge in [-0.15, -0.1) is 0 Å². The van der Waals surface area contributed by atoms with E-state index in [1.165, 1.54) is 41.1 Å². The molecule has 0 saturated heterocycles. The lowest BCUT2D eigenvalue weighted by Gasteiger charge is -1.98. The van der Waals surface area contributed by atoms with Crippen LogP contribution in [-0.4, -0.2) is 10.2 Å². The predicted octanol–water partition coefficient (Wildman–Crippen LogP) is 1.79. The molecule has 0 atom stereocenters. The highest BCUT2D eigenvalue weighted by atomic mass is 28.1. The maximum absolute atomic E-state index is 2.22. The fraction of sp³-hybridized carbons (Fsp3) is 0.400. The van der Waals surface area contributed by atoms with Crippen LogP contribution in [0.1, 0.15) is 18.4 Å². The molecular weight excluding hydrogens is 148 g/mol. The Kier molecular flexibility index (Phi) is 3.98. The van der Waals surface area contributed by atoms with Crippen molar-refractivity contribution in [2.24, 2.45) is 0 Å². The van der Waals surface area contributed by atoms with Crippen LogP contribution < -0.4 is 0 Å². The topological polar surface area (TPSA) is 0 Å². The van der Waals surface area contributed by atoms with E-state index in [0.717, 1.165) is 0 Å². The Labute approximate surface area is 72.1 Å². The second-order valence-electron chi connectivity index (χ2n) is 2.94. The van der Waals surface area contributed by atoms with Gasteiger partial charge in [-0.1, -0.05) is 42.8 Å². The smallest absolute Gasteiger partial charge is 0.00279 e. The number of benzene rings is 1. The van der Waals surface area contributed by atoms with Gasteiger partial charge in [0.05, 0.1) is 0 Å². The standard InChI is InChI=1S/C10H16Si/c11-9-5-4-8-10-6-2-1-3-7-10/h1-3,6-7H,4-5,8-9H2,11H3. The molecule has 0 fully saturated rings. The number of aryl methyl sites for hydroxylation is 1. The van der Waals surface area contributed by atoms with E-state index in [1.54, 1.807) is 0 Å². The zero-order chi connectivity index (χ0) is 7.94. The van der Waals surface area contributed by atoms with E-state index in [4.69, 9.17) is 0 Å². The minimum absolute atomic E-state index is 1.27. The molecule has 0 spiro atoms. The van der Waals surface area contributed by atoms with Gasteiger partial charge < -0.3 is 0 Å². The predicted molar refractivity (Wildman–Crippen MR) is 54.1 cm³/mol. The fourth-order valence-corrected chi connectivity index (χ4v) is 1.72. The third-order valence-electron chi connectivity index (χ3n) is 1.91. The summed E-state index contributed by atoms with van der Waals surface area (Å²) in [6, 6.07) is 12.2. The third kappa shape index (κ3) is 3.37. The Hall–Kier alpha value is -0.563. The van der Waals surface area contributed by atoms with Crippen LogP contribution in [0.3, 0.4) is 0 Å². The maximum atomic E-state index is 2.22. The highest BCUT2D eigenvalue weighted by Gasteiger charge is 1.89. The van der Waals surface area contributed by atoms with Gasteiger partial charge in [0.25, 0.3) is 0 Å². The molecule has 0 nitrogen and oxygen atoms in total. The van der Waals surface area contributed by atoms with Crippen molar-refractivity contribution in [2.75, 3.05) is 0 Å². The van der Waals surface area contributed by atoms with E-state index >= 15 is 0 Å². The van der Waals surface area contributed by atoms with Crippen molar-refractivity contribution in [3.63, 3.8) is 0 Å². The molecule has 11 heavy (non-hydrogen) atoms. The Bertz CT molecular complexity index is 181. The Morgan fingerprint density at radius 3 is 2.36 bits per heavy atom. The molecule has 1 aromatic rings. The SMILES string of the molecule is [SiH3]CCCCc1ccccc1. The van der Waals surface area contributed by atoms with Gasteiger partial charge in [-0.3, -0.25) is 0 Å². The van der Waals surface area contributed by atoms with Gasteiger partial charge in [-0.2, -0.15) is 0 Å². The molecule has 0 aliphatic carbocycles. The summed E-state index contributed by atoms with van der Waals surface area (Å²) < 4.78 is 0. The van der Waals surface area contributed by atoms with E-state index in [0.29, 0.717) is 0 Å². The van der Waals surface area contributed by atoms with Crippen molar-refractivity contribution < 1.29 is 0 Å². The quantitative estimate of drug-likeness (QED) is 0.470. The molecule has 0 aliphatic heterocycles. The molecule has 0 saturated carbocycles. The van der Waals surface area contributed by atoms with E-state index in [2.05, 4.69) is 30.3 Å². The largest absolute Gasteiger partial charge is 0.0658 e. The van der Waals surface area contributed by atoms with E-state index in [1.807, 2.05) is 0 Å². The number of hydrogen-bond acceptors (Lipinski definition) is 0. The van der Waals surface area contributed by atoms with Crippen molar-refractivity contribution in [3.8, 4) is 0 Å². The Morgan fingerprint density at radius 2 is 1.73 bits per heavy atom. The summed E-state index contributed by atoms with van der Waals surface area (Å²) in [5, 5.41) is 0. The molecule has 0 aromatic heterocycles. The van der Waals surface area contributed by atoms with Gasteiger partial charge in [0.2, 0.25) is 0 Å². The average Bonchev–Trinajstić information content (AvgIpc) is 2.07. The fourth-order valence-electron chi connectivity index (χ4n) is 1.22. The van der Waals surface area contributed by atoms with E-state index < -0.39 is 0 Å².